The van der Waals surface area contributed by atoms with E-state index >= 15 is 0 Å². The van der Waals surface area contributed by atoms with E-state index in [0.29, 0.717) is 11.5 Å². The quantitative estimate of drug-likeness (QED) is 0.941. The number of rotatable bonds is 4. The number of aromatic carboxylic acids is 1. The molecule has 1 aliphatic heterocycles. The molecule has 2 aromatic rings. The summed E-state index contributed by atoms with van der Waals surface area (Å²) < 4.78 is 0. The average molecular weight is 296 g/mol. The molecule has 1 atom stereocenters. The van der Waals surface area contributed by atoms with E-state index in [0.717, 1.165) is 19.6 Å². The van der Waals surface area contributed by atoms with E-state index in [-0.39, 0.29) is 0 Å². The number of likely N-dealkylation sites (tertiary alicyclic amines) is 1. The van der Waals surface area contributed by atoms with Crippen LogP contribution >= 0.6 is 0 Å². The van der Waals surface area contributed by atoms with E-state index in [2.05, 4.69) is 22.0 Å². The van der Waals surface area contributed by atoms with E-state index in [1.165, 1.54) is 24.0 Å². The first-order chi connectivity index (χ1) is 10.7. The molecule has 3 rings (SSSR count). The molecule has 0 saturated carbocycles. The summed E-state index contributed by atoms with van der Waals surface area (Å²) in [6.07, 6.45) is 6.01. The molecule has 0 spiro atoms. The highest BCUT2D eigenvalue weighted by molar-refractivity contribution is 5.87. The summed E-state index contributed by atoms with van der Waals surface area (Å²) in [6.45, 7) is 3.09. The smallest absolute Gasteiger partial charge is 0.335 e. The molecule has 4 heteroatoms. The molecule has 0 bridgehead atoms. The zero-order valence-corrected chi connectivity index (χ0v) is 12.5. The molecule has 1 saturated heterocycles. The van der Waals surface area contributed by atoms with Crippen molar-refractivity contribution in [1.82, 2.24) is 9.88 Å². The highest BCUT2D eigenvalue weighted by Crippen LogP contribution is 2.27. The summed E-state index contributed by atoms with van der Waals surface area (Å²) in [5.74, 6) is -0.382. The first-order valence-electron chi connectivity index (χ1n) is 7.67. The molecule has 4 nitrogen and oxygen atoms in total. The molecule has 1 aliphatic rings. The SMILES string of the molecule is O=C(O)c1ccc(C2CCCN(Cc3ccncc3)C2)cc1. The normalized spacial score (nSPS) is 19.0. The highest BCUT2D eigenvalue weighted by atomic mass is 16.4. The number of nitrogens with zero attached hydrogens (tertiary/aromatic N) is 2. The number of pyridine rings is 1. The predicted octanol–water partition coefficient (Wildman–Crippen LogP) is 3.16. The summed E-state index contributed by atoms with van der Waals surface area (Å²) >= 11 is 0. The standard InChI is InChI=1S/C18H20N2O2/c21-18(22)16-5-3-15(4-6-16)17-2-1-11-20(13-17)12-14-7-9-19-10-8-14/h3-10,17H,1-2,11-13H2,(H,21,22). The minimum Gasteiger partial charge on any atom is -0.478 e. The average Bonchev–Trinajstić information content (AvgIpc) is 2.56. The maximum absolute atomic E-state index is 10.9. The predicted molar refractivity (Wildman–Crippen MR) is 84.9 cm³/mol. The van der Waals surface area contributed by atoms with Crippen LogP contribution in [0.1, 0.15) is 40.2 Å². The third-order valence-corrected chi connectivity index (χ3v) is 4.29. The molecular weight excluding hydrogens is 276 g/mol. The Bertz CT molecular complexity index is 625. The summed E-state index contributed by atoms with van der Waals surface area (Å²) in [7, 11) is 0. The molecule has 1 fully saturated rings. The number of carboxylic acid groups (broad SMARTS) is 1. The van der Waals surface area contributed by atoms with E-state index in [1.807, 2.05) is 24.5 Å². The van der Waals surface area contributed by atoms with Crippen molar-refractivity contribution in [3.05, 3.63) is 65.5 Å². The Kier molecular flexibility index (Phi) is 4.49. The van der Waals surface area contributed by atoms with Gasteiger partial charge < -0.3 is 5.11 Å². The fraction of sp³-hybridized carbons (Fsp3) is 0.333. The van der Waals surface area contributed by atoms with Gasteiger partial charge in [0.1, 0.15) is 0 Å². The van der Waals surface area contributed by atoms with E-state index in [9.17, 15) is 4.79 Å². The first-order valence-corrected chi connectivity index (χ1v) is 7.67. The topological polar surface area (TPSA) is 53.4 Å². The number of piperidine rings is 1. The Morgan fingerprint density at radius 3 is 2.59 bits per heavy atom. The van der Waals surface area contributed by atoms with Crippen molar-refractivity contribution in [2.24, 2.45) is 0 Å². The van der Waals surface area contributed by atoms with Gasteiger partial charge in [-0.25, -0.2) is 4.79 Å². The second kappa shape index (κ2) is 6.71. The Morgan fingerprint density at radius 2 is 1.91 bits per heavy atom. The molecule has 114 valence electrons. The van der Waals surface area contributed by atoms with Gasteiger partial charge in [0.05, 0.1) is 5.56 Å². The van der Waals surface area contributed by atoms with Gasteiger partial charge in [-0.15, -0.1) is 0 Å². The van der Waals surface area contributed by atoms with Crippen molar-refractivity contribution in [2.45, 2.75) is 25.3 Å². The maximum Gasteiger partial charge on any atom is 0.335 e. The van der Waals surface area contributed by atoms with Crippen LogP contribution in [0.4, 0.5) is 0 Å². The van der Waals surface area contributed by atoms with Crippen LogP contribution in [-0.4, -0.2) is 34.0 Å². The third kappa shape index (κ3) is 3.52. The monoisotopic (exact) mass is 296 g/mol. The lowest BCUT2D eigenvalue weighted by Gasteiger charge is -2.33. The van der Waals surface area contributed by atoms with Gasteiger partial charge >= 0.3 is 5.97 Å². The molecule has 0 radical (unpaired) electrons. The van der Waals surface area contributed by atoms with Crippen molar-refractivity contribution >= 4 is 5.97 Å². The highest BCUT2D eigenvalue weighted by Gasteiger charge is 2.21. The van der Waals surface area contributed by atoms with Crippen LogP contribution in [0.15, 0.2) is 48.8 Å². The minimum absolute atomic E-state index is 0.355. The third-order valence-electron chi connectivity index (χ3n) is 4.29. The van der Waals surface area contributed by atoms with Gasteiger partial charge in [-0.1, -0.05) is 12.1 Å². The number of carbonyl (C=O) groups is 1. The molecule has 1 N–H and O–H groups in total. The van der Waals surface area contributed by atoms with Gasteiger partial charge in [0.2, 0.25) is 0 Å². The second-order valence-electron chi connectivity index (χ2n) is 5.86. The Labute approximate surface area is 130 Å². The van der Waals surface area contributed by atoms with Crippen molar-refractivity contribution in [1.29, 1.82) is 0 Å². The Morgan fingerprint density at radius 1 is 1.18 bits per heavy atom. The summed E-state index contributed by atoms with van der Waals surface area (Å²) in [6, 6.07) is 11.5. The molecule has 22 heavy (non-hydrogen) atoms. The lowest BCUT2D eigenvalue weighted by molar-refractivity contribution is 0.0697. The van der Waals surface area contributed by atoms with Crippen molar-refractivity contribution in [3.63, 3.8) is 0 Å². The molecule has 0 aliphatic carbocycles. The van der Waals surface area contributed by atoms with Crippen LogP contribution in [0.5, 0.6) is 0 Å². The van der Waals surface area contributed by atoms with Gasteiger partial charge in [0.15, 0.2) is 0 Å². The number of hydrogen-bond acceptors (Lipinski definition) is 3. The van der Waals surface area contributed by atoms with Gasteiger partial charge in [-0.2, -0.15) is 0 Å². The first kappa shape index (κ1) is 14.7. The molecule has 0 amide bonds. The fourth-order valence-corrected chi connectivity index (χ4v) is 3.12. The lowest BCUT2D eigenvalue weighted by Crippen LogP contribution is -2.33. The van der Waals surface area contributed by atoms with Gasteiger partial charge in [-0.05, 0) is 60.7 Å². The van der Waals surface area contributed by atoms with Crippen molar-refractivity contribution in [3.8, 4) is 0 Å². The van der Waals surface area contributed by atoms with Gasteiger partial charge in [0.25, 0.3) is 0 Å². The van der Waals surface area contributed by atoms with Gasteiger partial charge in [-0.3, -0.25) is 9.88 Å². The Hall–Kier alpha value is -2.20. The zero-order chi connectivity index (χ0) is 15.4. The number of hydrogen-bond donors (Lipinski definition) is 1. The van der Waals surface area contributed by atoms with Crippen LogP contribution in [0.2, 0.25) is 0 Å². The van der Waals surface area contributed by atoms with E-state index in [4.69, 9.17) is 5.11 Å². The molecule has 1 aromatic heterocycles. The van der Waals surface area contributed by atoms with E-state index < -0.39 is 5.97 Å². The largest absolute Gasteiger partial charge is 0.478 e. The lowest BCUT2D eigenvalue weighted by atomic mass is 9.90. The molecular formula is C18H20N2O2. The van der Waals surface area contributed by atoms with E-state index in [1.54, 1.807) is 12.1 Å². The number of benzene rings is 1. The zero-order valence-electron chi connectivity index (χ0n) is 12.5. The van der Waals surface area contributed by atoms with Crippen molar-refractivity contribution < 1.29 is 9.90 Å². The minimum atomic E-state index is -0.866. The van der Waals surface area contributed by atoms with Crippen LogP contribution < -0.4 is 0 Å². The molecule has 2 heterocycles. The fourth-order valence-electron chi connectivity index (χ4n) is 3.12. The van der Waals surface area contributed by atoms with Crippen LogP contribution in [0.3, 0.4) is 0 Å². The number of carboxylic acids is 1. The van der Waals surface area contributed by atoms with Crippen LogP contribution in [0, 0.1) is 0 Å². The Balaban J connectivity index is 1.66. The second-order valence-corrected chi connectivity index (χ2v) is 5.86. The van der Waals surface area contributed by atoms with Crippen molar-refractivity contribution in [2.75, 3.05) is 13.1 Å². The summed E-state index contributed by atoms with van der Waals surface area (Å²) in [5.41, 5.74) is 2.88. The molecule has 1 unspecified atom stereocenters. The van der Waals surface area contributed by atoms with Crippen LogP contribution in [-0.2, 0) is 6.54 Å². The van der Waals surface area contributed by atoms with Crippen LogP contribution in [0.25, 0.3) is 0 Å². The number of aromatic nitrogens is 1. The summed E-state index contributed by atoms with van der Waals surface area (Å²) in [4.78, 5) is 17.5. The molecule has 1 aromatic carbocycles. The summed E-state index contributed by atoms with van der Waals surface area (Å²) in [5, 5.41) is 8.98. The maximum atomic E-state index is 10.9. The van der Waals surface area contributed by atoms with Gasteiger partial charge in [0, 0.05) is 25.5 Å².